The highest BCUT2D eigenvalue weighted by atomic mass is 32.2. The number of fused-ring (bicyclic) bond motifs is 1. The predicted molar refractivity (Wildman–Crippen MR) is 102 cm³/mol. The van der Waals surface area contributed by atoms with E-state index in [2.05, 4.69) is 15.3 Å². The Balaban J connectivity index is 1.39. The molecule has 0 radical (unpaired) electrons. The van der Waals surface area contributed by atoms with Crippen LogP contribution < -0.4 is 5.32 Å². The molecule has 8 nitrogen and oxygen atoms in total. The van der Waals surface area contributed by atoms with Gasteiger partial charge in [-0.25, -0.2) is 18.2 Å². The Morgan fingerprint density at radius 3 is 2.52 bits per heavy atom. The zero-order valence-corrected chi connectivity index (χ0v) is 15.3. The number of urea groups is 1. The highest BCUT2D eigenvalue weighted by molar-refractivity contribution is 7.89. The van der Waals surface area contributed by atoms with Crippen molar-refractivity contribution in [1.82, 2.24) is 19.2 Å². The molecule has 0 atom stereocenters. The van der Waals surface area contributed by atoms with Crippen LogP contribution >= 0.6 is 0 Å². The van der Waals surface area contributed by atoms with E-state index in [1.165, 1.54) is 4.31 Å². The summed E-state index contributed by atoms with van der Waals surface area (Å²) in [5.74, 6) is 0. The zero-order chi connectivity index (χ0) is 18.9. The van der Waals surface area contributed by atoms with Crippen molar-refractivity contribution in [3.05, 3.63) is 54.9 Å². The molecule has 3 aromatic rings. The van der Waals surface area contributed by atoms with Gasteiger partial charge >= 0.3 is 6.03 Å². The van der Waals surface area contributed by atoms with Crippen molar-refractivity contribution in [2.75, 3.05) is 31.5 Å². The van der Waals surface area contributed by atoms with E-state index in [1.54, 1.807) is 47.6 Å². The van der Waals surface area contributed by atoms with E-state index in [9.17, 15) is 13.2 Å². The van der Waals surface area contributed by atoms with Crippen LogP contribution in [0.3, 0.4) is 0 Å². The first kappa shape index (κ1) is 17.5. The summed E-state index contributed by atoms with van der Waals surface area (Å²) in [5, 5.41) is 2.85. The average molecular weight is 385 g/mol. The van der Waals surface area contributed by atoms with E-state index < -0.39 is 10.0 Å². The second-order valence-electron chi connectivity index (χ2n) is 6.27. The Bertz CT molecular complexity index is 1060. The third-order valence-electron chi connectivity index (χ3n) is 4.58. The third kappa shape index (κ3) is 3.51. The Morgan fingerprint density at radius 1 is 1.04 bits per heavy atom. The van der Waals surface area contributed by atoms with Gasteiger partial charge in [0.2, 0.25) is 10.0 Å². The monoisotopic (exact) mass is 385 g/mol. The number of hydrogen-bond acceptors (Lipinski definition) is 4. The van der Waals surface area contributed by atoms with E-state index in [4.69, 9.17) is 0 Å². The van der Waals surface area contributed by atoms with Crippen LogP contribution in [0.2, 0.25) is 0 Å². The van der Waals surface area contributed by atoms with Crippen molar-refractivity contribution in [1.29, 1.82) is 0 Å². The van der Waals surface area contributed by atoms with Crippen LogP contribution in [-0.2, 0) is 10.0 Å². The first-order valence-electron chi connectivity index (χ1n) is 8.58. The number of benzene rings is 2. The van der Waals surface area contributed by atoms with Gasteiger partial charge in [-0.15, -0.1) is 0 Å². The van der Waals surface area contributed by atoms with Crippen LogP contribution in [0.15, 0.2) is 59.8 Å². The lowest BCUT2D eigenvalue weighted by atomic mass is 10.3. The smallest absolute Gasteiger partial charge is 0.321 e. The van der Waals surface area contributed by atoms with Crippen molar-refractivity contribution in [2.45, 2.75) is 4.90 Å². The first-order valence-corrected chi connectivity index (χ1v) is 10.0. The van der Waals surface area contributed by atoms with E-state index in [0.29, 0.717) is 18.8 Å². The molecule has 2 aromatic carbocycles. The highest BCUT2D eigenvalue weighted by Crippen LogP contribution is 2.19. The fourth-order valence-electron chi connectivity index (χ4n) is 3.09. The van der Waals surface area contributed by atoms with Crippen molar-refractivity contribution < 1.29 is 13.2 Å². The number of hydrogen-bond donors (Lipinski definition) is 2. The van der Waals surface area contributed by atoms with Crippen LogP contribution in [0, 0.1) is 0 Å². The third-order valence-corrected chi connectivity index (χ3v) is 6.49. The Hall–Kier alpha value is -2.91. The summed E-state index contributed by atoms with van der Waals surface area (Å²) < 4.78 is 26.7. The molecule has 0 unspecified atom stereocenters. The van der Waals surface area contributed by atoms with Gasteiger partial charge in [-0.05, 0) is 30.3 Å². The van der Waals surface area contributed by atoms with Gasteiger partial charge in [0.25, 0.3) is 0 Å². The van der Waals surface area contributed by atoms with E-state index >= 15 is 0 Å². The number of piperazine rings is 1. The van der Waals surface area contributed by atoms with Gasteiger partial charge in [0, 0.05) is 31.9 Å². The summed E-state index contributed by atoms with van der Waals surface area (Å²) in [6.07, 6.45) is 1.60. The fourth-order valence-corrected chi connectivity index (χ4v) is 4.53. The normalized spacial score (nSPS) is 15.8. The molecule has 1 fully saturated rings. The van der Waals surface area contributed by atoms with Gasteiger partial charge in [0.15, 0.2) is 0 Å². The average Bonchev–Trinajstić information content (AvgIpc) is 3.16. The number of aromatic nitrogens is 2. The van der Waals surface area contributed by atoms with E-state index in [-0.39, 0.29) is 24.0 Å². The maximum Gasteiger partial charge on any atom is 0.321 e. The molecule has 1 aliphatic rings. The number of aromatic amines is 1. The highest BCUT2D eigenvalue weighted by Gasteiger charge is 2.30. The largest absolute Gasteiger partial charge is 0.345 e. The molecule has 9 heteroatoms. The number of carbonyl (C=O) groups excluding carboxylic acids is 1. The summed E-state index contributed by atoms with van der Waals surface area (Å²) in [6, 6.07) is 13.5. The molecule has 1 aromatic heterocycles. The topological polar surface area (TPSA) is 98.4 Å². The minimum Gasteiger partial charge on any atom is -0.345 e. The van der Waals surface area contributed by atoms with E-state index in [0.717, 1.165) is 11.0 Å². The van der Waals surface area contributed by atoms with E-state index in [1.807, 2.05) is 12.1 Å². The molecule has 27 heavy (non-hydrogen) atoms. The first-order chi connectivity index (χ1) is 13.0. The standard InChI is InChI=1S/C18H19N5O3S/c24-18(21-14-6-7-16-17(12-14)20-13-19-16)22-8-10-23(11-9-22)27(25,26)15-4-2-1-3-5-15/h1-7,12-13H,8-11H2,(H,19,20)(H,21,24). The second kappa shape index (κ2) is 7.01. The maximum atomic E-state index is 12.7. The summed E-state index contributed by atoms with van der Waals surface area (Å²) in [4.78, 5) is 21.5. The van der Waals surface area contributed by atoms with Crippen LogP contribution in [0.4, 0.5) is 10.5 Å². The molecule has 0 saturated carbocycles. The summed E-state index contributed by atoms with van der Waals surface area (Å²) >= 11 is 0. The van der Waals surface area contributed by atoms with Crippen LogP contribution in [-0.4, -0.2) is 59.8 Å². The number of nitrogens with zero attached hydrogens (tertiary/aromatic N) is 3. The molecule has 1 saturated heterocycles. The lowest BCUT2D eigenvalue weighted by molar-refractivity contribution is 0.184. The Morgan fingerprint density at radius 2 is 1.78 bits per heavy atom. The minimum absolute atomic E-state index is 0.245. The van der Waals surface area contributed by atoms with Crippen LogP contribution in [0.25, 0.3) is 11.0 Å². The quantitative estimate of drug-likeness (QED) is 0.721. The molecule has 2 amide bonds. The summed E-state index contributed by atoms with van der Waals surface area (Å²) in [5.41, 5.74) is 2.33. The molecule has 1 aliphatic heterocycles. The van der Waals surface area contributed by atoms with Gasteiger partial charge in [0.1, 0.15) is 0 Å². The van der Waals surface area contributed by atoms with Crippen molar-refractivity contribution in [3.63, 3.8) is 0 Å². The molecular weight excluding hydrogens is 366 g/mol. The molecular formula is C18H19N5O3S. The SMILES string of the molecule is O=C(Nc1ccc2nc[nH]c2c1)N1CCN(S(=O)(=O)c2ccccc2)CC1. The molecule has 0 aliphatic carbocycles. The number of sulfonamides is 1. The molecule has 2 heterocycles. The number of rotatable bonds is 3. The van der Waals surface area contributed by atoms with Gasteiger partial charge < -0.3 is 15.2 Å². The van der Waals surface area contributed by atoms with Gasteiger partial charge in [-0.2, -0.15) is 4.31 Å². The fraction of sp³-hybridized carbons (Fsp3) is 0.222. The molecule has 0 spiro atoms. The zero-order valence-electron chi connectivity index (χ0n) is 14.5. The van der Waals surface area contributed by atoms with Crippen molar-refractivity contribution in [3.8, 4) is 0 Å². The Kier molecular flexibility index (Phi) is 4.54. The number of imidazole rings is 1. The van der Waals surface area contributed by atoms with Crippen LogP contribution in [0.5, 0.6) is 0 Å². The van der Waals surface area contributed by atoms with Gasteiger partial charge in [-0.1, -0.05) is 18.2 Å². The lowest BCUT2D eigenvalue weighted by Gasteiger charge is -2.34. The number of anilines is 1. The second-order valence-corrected chi connectivity index (χ2v) is 8.21. The van der Waals surface area contributed by atoms with Gasteiger partial charge in [-0.3, -0.25) is 0 Å². The van der Waals surface area contributed by atoms with Gasteiger partial charge in [0.05, 0.1) is 22.3 Å². The molecule has 140 valence electrons. The summed E-state index contributed by atoms with van der Waals surface area (Å²) in [6.45, 7) is 1.21. The number of amides is 2. The number of nitrogens with one attached hydrogen (secondary N) is 2. The Labute approximate surface area is 156 Å². The lowest BCUT2D eigenvalue weighted by Crippen LogP contribution is -2.51. The predicted octanol–water partition coefficient (Wildman–Crippen LogP) is 2.10. The van der Waals surface area contributed by atoms with Crippen LogP contribution in [0.1, 0.15) is 0 Å². The van der Waals surface area contributed by atoms with Crippen molar-refractivity contribution >= 4 is 32.8 Å². The molecule has 4 rings (SSSR count). The number of H-pyrrole nitrogens is 1. The maximum absolute atomic E-state index is 12.7. The molecule has 2 N–H and O–H groups in total. The number of carbonyl (C=O) groups is 1. The molecule has 0 bridgehead atoms. The minimum atomic E-state index is -3.52. The summed E-state index contributed by atoms with van der Waals surface area (Å²) in [7, 11) is -3.52. The van der Waals surface area contributed by atoms with Crippen molar-refractivity contribution in [2.24, 2.45) is 0 Å².